The standard InChI is InChI=1S/C27H41ClN4O4/c1-20(2)18-23-27(36)31-15-5-3-4-8-24(33)29-16-7-17-30-25(34)9-6-10-26(35)32(23)19-21-11-13-22(28)14-12-21/h11-14,20,23H,3-10,15-19H2,1-2H3,(H,29,33)(H,30,34)(H,31,36). The molecule has 200 valence electrons. The normalized spacial score (nSPS) is 20.4. The summed E-state index contributed by atoms with van der Waals surface area (Å²) >= 11 is 6.04. The molecule has 9 heteroatoms. The van der Waals surface area contributed by atoms with Gasteiger partial charge in [-0.05, 0) is 55.7 Å². The number of carbonyl (C=O) groups excluding carboxylic acids is 4. The fourth-order valence-corrected chi connectivity index (χ4v) is 4.29. The van der Waals surface area contributed by atoms with Crippen LogP contribution in [0, 0.1) is 5.92 Å². The molecule has 0 saturated carbocycles. The average molecular weight is 521 g/mol. The molecule has 1 aliphatic rings. The van der Waals surface area contributed by atoms with Crippen molar-refractivity contribution in [2.24, 2.45) is 5.92 Å². The van der Waals surface area contributed by atoms with Crippen LogP contribution in [-0.4, -0.2) is 54.2 Å². The molecule has 8 nitrogen and oxygen atoms in total. The van der Waals surface area contributed by atoms with E-state index in [1.54, 1.807) is 17.0 Å². The number of hydrogen-bond donors (Lipinski definition) is 3. The van der Waals surface area contributed by atoms with Gasteiger partial charge in [-0.25, -0.2) is 0 Å². The highest BCUT2D eigenvalue weighted by Crippen LogP contribution is 2.19. The molecule has 1 saturated heterocycles. The van der Waals surface area contributed by atoms with Gasteiger partial charge in [0.15, 0.2) is 0 Å². The van der Waals surface area contributed by atoms with Crippen LogP contribution < -0.4 is 16.0 Å². The SMILES string of the molecule is CC(C)CC1C(=O)NCCCCCC(=O)NCCCNC(=O)CCCC(=O)N1Cc1ccc(Cl)cc1. The van der Waals surface area contributed by atoms with Crippen LogP contribution in [0.2, 0.25) is 5.02 Å². The molecule has 1 unspecified atom stereocenters. The molecule has 1 atom stereocenters. The highest BCUT2D eigenvalue weighted by molar-refractivity contribution is 6.30. The van der Waals surface area contributed by atoms with Crippen molar-refractivity contribution in [1.82, 2.24) is 20.9 Å². The maximum absolute atomic E-state index is 13.4. The van der Waals surface area contributed by atoms with Gasteiger partial charge >= 0.3 is 0 Å². The number of nitrogens with one attached hydrogen (secondary N) is 3. The number of hydrogen-bond acceptors (Lipinski definition) is 4. The maximum Gasteiger partial charge on any atom is 0.242 e. The van der Waals surface area contributed by atoms with Crippen molar-refractivity contribution in [3.05, 3.63) is 34.9 Å². The lowest BCUT2D eigenvalue weighted by atomic mass is 9.99. The van der Waals surface area contributed by atoms with Gasteiger partial charge in [0.2, 0.25) is 23.6 Å². The molecule has 36 heavy (non-hydrogen) atoms. The van der Waals surface area contributed by atoms with E-state index in [0.29, 0.717) is 56.9 Å². The summed E-state index contributed by atoms with van der Waals surface area (Å²) in [4.78, 5) is 52.5. The predicted octanol–water partition coefficient (Wildman–Crippen LogP) is 3.57. The van der Waals surface area contributed by atoms with Crippen LogP contribution in [-0.2, 0) is 25.7 Å². The Morgan fingerprint density at radius 3 is 2.06 bits per heavy atom. The summed E-state index contributed by atoms with van der Waals surface area (Å²) < 4.78 is 0. The molecular formula is C27H41ClN4O4. The van der Waals surface area contributed by atoms with Gasteiger partial charge in [-0.2, -0.15) is 0 Å². The first-order valence-corrected chi connectivity index (χ1v) is 13.5. The minimum atomic E-state index is -0.613. The quantitative estimate of drug-likeness (QED) is 0.564. The number of amides is 4. The highest BCUT2D eigenvalue weighted by Gasteiger charge is 2.30. The second kappa shape index (κ2) is 16.2. The fraction of sp³-hybridized carbons (Fsp3) is 0.630. The Labute approximate surface area is 219 Å². The van der Waals surface area contributed by atoms with E-state index in [4.69, 9.17) is 11.6 Å². The van der Waals surface area contributed by atoms with Crippen molar-refractivity contribution < 1.29 is 19.2 Å². The topological polar surface area (TPSA) is 108 Å². The second-order valence-electron chi connectivity index (χ2n) is 9.80. The van der Waals surface area contributed by atoms with Crippen molar-refractivity contribution >= 4 is 35.2 Å². The third kappa shape index (κ3) is 11.4. The summed E-state index contributed by atoms with van der Waals surface area (Å²) in [5, 5.41) is 9.32. The van der Waals surface area contributed by atoms with Crippen LogP contribution in [0.4, 0.5) is 0 Å². The predicted molar refractivity (Wildman–Crippen MR) is 141 cm³/mol. The van der Waals surface area contributed by atoms with Gasteiger partial charge in [0.1, 0.15) is 6.04 Å². The fourth-order valence-electron chi connectivity index (χ4n) is 4.16. The Bertz CT molecular complexity index is 860. The van der Waals surface area contributed by atoms with Crippen LogP contribution in [0.25, 0.3) is 0 Å². The van der Waals surface area contributed by atoms with E-state index in [2.05, 4.69) is 16.0 Å². The summed E-state index contributed by atoms with van der Waals surface area (Å²) in [6, 6.07) is 6.66. The van der Waals surface area contributed by atoms with Gasteiger partial charge in [0, 0.05) is 50.5 Å². The van der Waals surface area contributed by atoms with E-state index < -0.39 is 6.04 Å². The van der Waals surface area contributed by atoms with Gasteiger partial charge in [-0.3, -0.25) is 19.2 Å². The number of carbonyl (C=O) groups is 4. The van der Waals surface area contributed by atoms with Crippen LogP contribution >= 0.6 is 11.6 Å². The largest absolute Gasteiger partial charge is 0.356 e. The van der Waals surface area contributed by atoms with E-state index in [1.165, 1.54) is 0 Å². The maximum atomic E-state index is 13.4. The minimum absolute atomic E-state index is 0.00752. The molecule has 0 bridgehead atoms. The number of halogens is 1. The summed E-state index contributed by atoms with van der Waals surface area (Å²) in [6.45, 7) is 5.85. The number of rotatable bonds is 4. The third-order valence-electron chi connectivity index (χ3n) is 6.13. The van der Waals surface area contributed by atoms with E-state index in [0.717, 1.165) is 24.8 Å². The van der Waals surface area contributed by atoms with Crippen LogP contribution in [0.15, 0.2) is 24.3 Å². The Balaban J connectivity index is 2.17. The number of nitrogens with zero attached hydrogens (tertiary/aromatic N) is 1. The van der Waals surface area contributed by atoms with Crippen LogP contribution in [0.3, 0.4) is 0 Å². The first-order valence-electron chi connectivity index (χ1n) is 13.1. The van der Waals surface area contributed by atoms with Crippen molar-refractivity contribution in [1.29, 1.82) is 0 Å². The Kier molecular flexibility index (Phi) is 13.3. The summed E-state index contributed by atoms with van der Waals surface area (Å²) in [5.74, 6) is -0.222. The smallest absolute Gasteiger partial charge is 0.242 e. The molecule has 0 aromatic heterocycles. The molecule has 3 N–H and O–H groups in total. The number of benzene rings is 1. The lowest BCUT2D eigenvalue weighted by Gasteiger charge is -2.32. The van der Waals surface area contributed by atoms with E-state index in [1.807, 2.05) is 26.0 Å². The molecular weight excluding hydrogens is 480 g/mol. The Morgan fingerprint density at radius 1 is 0.806 bits per heavy atom. The van der Waals surface area contributed by atoms with Crippen LogP contribution in [0.5, 0.6) is 0 Å². The molecule has 1 heterocycles. The molecule has 1 aliphatic heterocycles. The zero-order valence-corrected chi connectivity index (χ0v) is 22.4. The summed E-state index contributed by atoms with van der Waals surface area (Å²) in [6.07, 6.45) is 4.78. The molecule has 2 rings (SSSR count). The summed E-state index contributed by atoms with van der Waals surface area (Å²) in [5.41, 5.74) is 0.889. The molecule has 0 spiro atoms. The molecule has 1 aromatic carbocycles. The van der Waals surface area contributed by atoms with Gasteiger partial charge in [-0.1, -0.05) is 44.0 Å². The monoisotopic (exact) mass is 520 g/mol. The van der Waals surface area contributed by atoms with E-state index in [9.17, 15) is 19.2 Å². The summed E-state index contributed by atoms with van der Waals surface area (Å²) in [7, 11) is 0. The lowest BCUT2D eigenvalue weighted by molar-refractivity contribution is -0.142. The first-order chi connectivity index (χ1) is 17.3. The van der Waals surface area contributed by atoms with Crippen molar-refractivity contribution in [2.45, 2.75) is 84.2 Å². The van der Waals surface area contributed by atoms with E-state index >= 15 is 0 Å². The minimum Gasteiger partial charge on any atom is -0.356 e. The second-order valence-corrected chi connectivity index (χ2v) is 10.2. The van der Waals surface area contributed by atoms with Gasteiger partial charge < -0.3 is 20.9 Å². The highest BCUT2D eigenvalue weighted by atomic mass is 35.5. The lowest BCUT2D eigenvalue weighted by Crippen LogP contribution is -2.50. The molecule has 1 aromatic rings. The first kappa shape index (κ1) is 29.6. The van der Waals surface area contributed by atoms with Crippen LogP contribution in [0.1, 0.15) is 77.2 Å². The molecule has 1 fully saturated rings. The van der Waals surface area contributed by atoms with Crippen molar-refractivity contribution in [3.63, 3.8) is 0 Å². The average Bonchev–Trinajstić information content (AvgIpc) is 2.83. The van der Waals surface area contributed by atoms with Crippen molar-refractivity contribution in [3.8, 4) is 0 Å². The molecule has 0 aliphatic carbocycles. The zero-order valence-electron chi connectivity index (χ0n) is 21.6. The van der Waals surface area contributed by atoms with Gasteiger partial charge in [-0.15, -0.1) is 0 Å². The van der Waals surface area contributed by atoms with Gasteiger partial charge in [0.25, 0.3) is 0 Å². The third-order valence-corrected chi connectivity index (χ3v) is 6.38. The van der Waals surface area contributed by atoms with Crippen molar-refractivity contribution in [2.75, 3.05) is 19.6 Å². The molecule has 0 radical (unpaired) electrons. The molecule has 4 amide bonds. The zero-order chi connectivity index (χ0) is 26.3. The van der Waals surface area contributed by atoms with Gasteiger partial charge in [0.05, 0.1) is 0 Å². The Hall–Kier alpha value is -2.61. The van der Waals surface area contributed by atoms with E-state index in [-0.39, 0.29) is 42.4 Å². The Morgan fingerprint density at radius 2 is 1.42 bits per heavy atom.